The van der Waals surface area contributed by atoms with Crippen molar-refractivity contribution in [3.63, 3.8) is 0 Å². The van der Waals surface area contributed by atoms with Gasteiger partial charge in [-0.1, -0.05) is 17.8 Å². The maximum absolute atomic E-state index is 11.5. The predicted octanol–water partition coefficient (Wildman–Crippen LogP) is -0.904. The largest absolute Gasteiger partial charge is 0.342 e. The summed E-state index contributed by atoms with van der Waals surface area (Å²) < 4.78 is 0. The zero-order valence-electron chi connectivity index (χ0n) is 10.6. The number of nitrogens with one attached hydrogen (secondary N) is 3. The Kier molecular flexibility index (Phi) is 4.99. The Hall–Kier alpha value is -2.75. The Labute approximate surface area is 121 Å². The van der Waals surface area contributed by atoms with Crippen LogP contribution in [-0.2, 0) is 4.79 Å². The first-order valence-electron chi connectivity index (χ1n) is 5.69. The van der Waals surface area contributed by atoms with E-state index in [1.807, 2.05) is 4.98 Å². The van der Waals surface area contributed by atoms with E-state index in [9.17, 15) is 14.4 Å². The van der Waals surface area contributed by atoms with Crippen molar-refractivity contribution in [1.82, 2.24) is 25.6 Å². The molecule has 2 aromatic heterocycles. The van der Waals surface area contributed by atoms with Gasteiger partial charge in [0.25, 0.3) is 5.56 Å². The normalized spacial score (nSPS) is 10.7. The molecule has 10 heteroatoms. The zero-order valence-corrected chi connectivity index (χ0v) is 11.4. The van der Waals surface area contributed by atoms with E-state index in [4.69, 9.17) is 0 Å². The number of rotatable bonds is 5. The summed E-state index contributed by atoms with van der Waals surface area (Å²) >= 11 is 0.887. The number of thioether (sulfide) groups is 1. The molecule has 0 aliphatic carbocycles. The van der Waals surface area contributed by atoms with Gasteiger partial charge in [-0.15, -0.1) is 0 Å². The molecular formula is C11H10N6O3S. The average Bonchev–Trinajstić information content (AvgIpc) is 2.47. The van der Waals surface area contributed by atoms with Crippen LogP contribution in [-0.4, -0.2) is 38.0 Å². The molecule has 0 atom stereocenters. The van der Waals surface area contributed by atoms with Crippen LogP contribution in [0.15, 0.2) is 44.2 Å². The van der Waals surface area contributed by atoms with Crippen LogP contribution in [0.4, 0.5) is 0 Å². The smallest absolute Gasteiger partial charge is 0.272 e. The molecule has 0 fully saturated rings. The van der Waals surface area contributed by atoms with Gasteiger partial charge in [0.05, 0.1) is 12.0 Å². The maximum Gasteiger partial charge on any atom is 0.342 e. The van der Waals surface area contributed by atoms with Crippen LogP contribution in [0.25, 0.3) is 0 Å². The summed E-state index contributed by atoms with van der Waals surface area (Å²) in [5.41, 5.74) is 1.70. The number of carbonyl (C=O) groups excluding carboxylic acids is 1. The van der Waals surface area contributed by atoms with E-state index in [1.54, 1.807) is 24.5 Å². The molecule has 9 nitrogen and oxygen atoms in total. The Balaban J connectivity index is 1.84. The lowest BCUT2D eigenvalue weighted by Gasteiger charge is -1.98. The van der Waals surface area contributed by atoms with Gasteiger partial charge < -0.3 is 0 Å². The first-order chi connectivity index (χ1) is 10.1. The van der Waals surface area contributed by atoms with Gasteiger partial charge in [0.1, 0.15) is 0 Å². The zero-order chi connectivity index (χ0) is 15.1. The second kappa shape index (κ2) is 7.14. The Bertz CT molecular complexity index is 754. The van der Waals surface area contributed by atoms with Gasteiger partial charge in [-0.2, -0.15) is 10.2 Å². The number of amides is 1. The van der Waals surface area contributed by atoms with Crippen LogP contribution in [0.5, 0.6) is 0 Å². The molecule has 0 aromatic carbocycles. The molecule has 0 aliphatic heterocycles. The minimum Gasteiger partial charge on any atom is -0.272 e. The van der Waals surface area contributed by atoms with Crippen molar-refractivity contribution in [2.75, 3.05) is 5.75 Å². The molecule has 3 N–H and O–H groups in total. The third-order valence-corrected chi connectivity index (χ3v) is 3.06. The molecule has 0 saturated heterocycles. The molecule has 1 amide bonds. The van der Waals surface area contributed by atoms with Crippen molar-refractivity contribution in [3.8, 4) is 0 Å². The first kappa shape index (κ1) is 14.7. The number of aromatic nitrogens is 4. The molecule has 0 saturated carbocycles. The van der Waals surface area contributed by atoms with Gasteiger partial charge in [0, 0.05) is 18.0 Å². The van der Waals surface area contributed by atoms with Gasteiger partial charge in [-0.25, -0.2) is 15.3 Å². The van der Waals surface area contributed by atoms with Gasteiger partial charge in [0.2, 0.25) is 5.91 Å². The van der Waals surface area contributed by atoms with E-state index in [-0.39, 0.29) is 10.8 Å². The number of pyridine rings is 1. The molecule has 0 radical (unpaired) electrons. The number of H-pyrrole nitrogens is 2. The molecule has 0 unspecified atom stereocenters. The maximum atomic E-state index is 11.5. The summed E-state index contributed by atoms with van der Waals surface area (Å²) in [5, 5.41) is 9.36. The van der Waals surface area contributed by atoms with Crippen LogP contribution in [0.3, 0.4) is 0 Å². The summed E-state index contributed by atoms with van der Waals surface area (Å²) in [4.78, 5) is 39.5. The van der Waals surface area contributed by atoms with Crippen molar-refractivity contribution >= 4 is 23.9 Å². The summed E-state index contributed by atoms with van der Waals surface area (Å²) in [6, 6.07) is 3.52. The SMILES string of the molecule is O=C(CSc1n[nH]c(=O)[nH]c1=O)NN=Cc1cccnc1. The molecule has 0 spiro atoms. The van der Waals surface area contributed by atoms with E-state index in [2.05, 4.69) is 25.7 Å². The van der Waals surface area contributed by atoms with Crippen molar-refractivity contribution in [3.05, 3.63) is 50.9 Å². The first-order valence-corrected chi connectivity index (χ1v) is 6.67. The molecular weight excluding hydrogens is 296 g/mol. The number of carbonyl (C=O) groups is 1. The van der Waals surface area contributed by atoms with Crippen molar-refractivity contribution in [2.24, 2.45) is 5.10 Å². The van der Waals surface area contributed by atoms with Crippen LogP contribution in [0, 0.1) is 0 Å². The third-order valence-electron chi connectivity index (χ3n) is 2.11. The fourth-order valence-electron chi connectivity index (χ4n) is 1.23. The highest BCUT2D eigenvalue weighted by molar-refractivity contribution is 7.99. The second-order valence-electron chi connectivity index (χ2n) is 3.68. The summed E-state index contributed by atoms with van der Waals surface area (Å²) in [6.07, 6.45) is 4.66. The summed E-state index contributed by atoms with van der Waals surface area (Å²) in [6.45, 7) is 0. The number of hydrogen-bond acceptors (Lipinski definition) is 7. The van der Waals surface area contributed by atoms with Crippen LogP contribution >= 0.6 is 11.8 Å². The molecule has 0 bridgehead atoms. The van der Waals surface area contributed by atoms with E-state index in [0.717, 1.165) is 17.3 Å². The number of aromatic amines is 2. The number of nitrogens with zero attached hydrogens (tertiary/aromatic N) is 3. The Morgan fingerprint density at radius 1 is 1.48 bits per heavy atom. The van der Waals surface area contributed by atoms with Gasteiger partial charge >= 0.3 is 5.69 Å². The van der Waals surface area contributed by atoms with Crippen LogP contribution < -0.4 is 16.7 Å². The Morgan fingerprint density at radius 3 is 3.05 bits per heavy atom. The van der Waals surface area contributed by atoms with E-state index < -0.39 is 17.2 Å². The van der Waals surface area contributed by atoms with E-state index in [0.29, 0.717) is 0 Å². The average molecular weight is 306 g/mol. The van der Waals surface area contributed by atoms with E-state index in [1.165, 1.54) is 6.21 Å². The van der Waals surface area contributed by atoms with Gasteiger partial charge in [-0.05, 0) is 6.07 Å². The van der Waals surface area contributed by atoms with Crippen molar-refractivity contribution in [1.29, 1.82) is 0 Å². The molecule has 2 rings (SSSR count). The highest BCUT2D eigenvalue weighted by Crippen LogP contribution is 2.06. The molecule has 2 aromatic rings. The highest BCUT2D eigenvalue weighted by atomic mass is 32.2. The van der Waals surface area contributed by atoms with Crippen molar-refractivity contribution in [2.45, 2.75) is 5.03 Å². The fraction of sp³-hybridized carbons (Fsp3) is 0.0909. The minimum absolute atomic E-state index is 0.000916. The number of hydrogen-bond donors (Lipinski definition) is 3. The molecule has 0 aliphatic rings. The van der Waals surface area contributed by atoms with Gasteiger partial charge in [-0.3, -0.25) is 19.6 Å². The standard InChI is InChI=1S/C11H10N6O3S/c18-8(15-13-5-7-2-1-3-12-4-7)6-21-10-9(19)14-11(20)17-16-10/h1-5H,6H2,(H,15,18)(H2,14,17,19,20). The third kappa shape index (κ3) is 4.69. The Morgan fingerprint density at radius 2 is 2.33 bits per heavy atom. The van der Waals surface area contributed by atoms with E-state index >= 15 is 0 Å². The molecule has 21 heavy (non-hydrogen) atoms. The van der Waals surface area contributed by atoms with Crippen molar-refractivity contribution < 1.29 is 4.79 Å². The highest BCUT2D eigenvalue weighted by Gasteiger charge is 2.06. The van der Waals surface area contributed by atoms with Crippen LogP contribution in [0.2, 0.25) is 0 Å². The number of hydrazone groups is 1. The molecule has 108 valence electrons. The quantitative estimate of drug-likeness (QED) is 0.372. The lowest BCUT2D eigenvalue weighted by atomic mass is 10.3. The molecule has 2 heterocycles. The summed E-state index contributed by atoms with van der Waals surface area (Å²) in [7, 11) is 0. The minimum atomic E-state index is -0.699. The van der Waals surface area contributed by atoms with Gasteiger partial charge in [0.15, 0.2) is 5.03 Å². The lowest BCUT2D eigenvalue weighted by Crippen LogP contribution is -2.26. The fourth-order valence-corrected chi connectivity index (χ4v) is 1.86. The predicted molar refractivity (Wildman–Crippen MR) is 76.2 cm³/mol. The topological polar surface area (TPSA) is 133 Å². The lowest BCUT2D eigenvalue weighted by molar-refractivity contribution is -0.118. The van der Waals surface area contributed by atoms with Crippen LogP contribution in [0.1, 0.15) is 5.56 Å². The summed E-state index contributed by atoms with van der Waals surface area (Å²) in [5.74, 6) is -0.473. The second-order valence-corrected chi connectivity index (χ2v) is 4.64. The monoisotopic (exact) mass is 306 g/mol.